The van der Waals surface area contributed by atoms with E-state index in [0.717, 1.165) is 44.4 Å². The summed E-state index contributed by atoms with van der Waals surface area (Å²) in [6, 6.07) is 4.95. The van der Waals surface area contributed by atoms with Crippen molar-refractivity contribution >= 4 is 5.96 Å². The number of nitrogens with one attached hydrogen (secondary N) is 2. The normalized spacial score (nSPS) is 23.9. The number of likely N-dealkylation sites (tertiary alicyclic amines) is 2. The molecule has 0 aromatic carbocycles. The summed E-state index contributed by atoms with van der Waals surface area (Å²) < 4.78 is 5.71. The predicted molar refractivity (Wildman–Crippen MR) is 107 cm³/mol. The van der Waals surface area contributed by atoms with Gasteiger partial charge in [0.15, 0.2) is 5.96 Å². The first-order valence-electron chi connectivity index (χ1n) is 10.3. The van der Waals surface area contributed by atoms with E-state index in [2.05, 4.69) is 38.4 Å². The molecule has 6 heteroatoms. The second kappa shape index (κ2) is 9.97. The second-order valence-electron chi connectivity index (χ2n) is 7.39. The lowest BCUT2D eigenvalue weighted by molar-refractivity contribution is 0.157. The summed E-state index contributed by atoms with van der Waals surface area (Å²) in [6.45, 7) is 8.69. The van der Waals surface area contributed by atoms with E-state index in [-0.39, 0.29) is 6.04 Å². The minimum atomic E-state index is 0.271. The smallest absolute Gasteiger partial charge is 0.191 e. The van der Waals surface area contributed by atoms with Gasteiger partial charge in [-0.15, -0.1) is 0 Å². The van der Waals surface area contributed by atoms with Gasteiger partial charge < -0.3 is 15.1 Å². The molecule has 2 atom stereocenters. The van der Waals surface area contributed by atoms with Crippen LogP contribution < -0.4 is 10.6 Å². The minimum Gasteiger partial charge on any atom is -0.468 e. The van der Waals surface area contributed by atoms with Gasteiger partial charge in [0.2, 0.25) is 0 Å². The predicted octanol–water partition coefficient (Wildman–Crippen LogP) is 2.46. The Balaban J connectivity index is 1.52. The van der Waals surface area contributed by atoms with Crippen molar-refractivity contribution in [3.63, 3.8) is 0 Å². The Labute approximate surface area is 158 Å². The standard InChI is InChI=1S/C20H35N5O/c1-3-24-11-5-4-9-17(24)15-22-20(21-2)23-16-18(19-10-8-14-26-19)25-12-6-7-13-25/h8,10,14,17-18H,3-7,9,11-13,15-16H2,1-2H3,(H2,21,22,23). The molecule has 0 saturated carbocycles. The van der Waals surface area contributed by atoms with Crippen molar-refractivity contribution in [1.82, 2.24) is 20.4 Å². The number of guanidine groups is 1. The van der Waals surface area contributed by atoms with Crippen LogP contribution in [0.1, 0.15) is 50.8 Å². The van der Waals surface area contributed by atoms with Gasteiger partial charge in [0.1, 0.15) is 5.76 Å². The molecule has 3 rings (SSSR count). The second-order valence-corrected chi connectivity index (χ2v) is 7.39. The largest absolute Gasteiger partial charge is 0.468 e. The number of furan rings is 1. The molecule has 2 fully saturated rings. The topological polar surface area (TPSA) is 56.0 Å². The maximum Gasteiger partial charge on any atom is 0.191 e. The van der Waals surface area contributed by atoms with Gasteiger partial charge in [-0.05, 0) is 64.0 Å². The van der Waals surface area contributed by atoms with Crippen LogP contribution in [0.2, 0.25) is 0 Å². The zero-order chi connectivity index (χ0) is 18.2. The van der Waals surface area contributed by atoms with Gasteiger partial charge in [0.25, 0.3) is 0 Å². The number of piperidine rings is 1. The van der Waals surface area contributed by atoms with E-state index in [1.807, 2.05) is 13.1 Å². The molecule has 0 radical (unpaired) electrons. The SMILES string of the molecule is CCN1CCCCC1CNC(=NC)NCC(c1ccco1)N1CCCC1. The van der Waals surface area contributed by atoms with Gasteiger partial charge in [-0.3, -0.25) is 14.8 Å². The molecule has 0 amide bonds. The number of aliphatic imine (C=N–C) groups is 1. The van der Waals surface area contributed by atoms with Gasteiger partial charge in [0, 0.05) is 26.2 Å². The average molecular weight is 362 g/mol. The molecule has 0 spiro atoms. The van der Waals surface area contributed by atoms with Crippen LogP contribution in [0, 0.1) is 0 Å². The van der Waals surface area contributed by atoms with Gasteiger partial charge in [-0.2, -0.15) is 0 Å². The fourth-order valence-corrected chi connectivity index (χ4v) is 4.28. The van der Waals surface area contributed by atoms with Crippen molar-refractivity contribution in [3.8, 4) is 0 Å². The van der Waals surface area contributed by atoms with E-state index in [1.165, 1.54) is 38.6 Å². The fraction of sp³-hybridized carbons (Fsp3) is 0.750. The Kier molecular flexibility index (Phi) is 7.38. The van der Waals surface area contributed by atoms with Crippen LogP contribution in [0.5, 0.6) is 0 Å². The molecule has 6 nitrogen and oxygen atoms in total. The van der Waals surface area contributed by atoms with Crippen LogP contribution in [-0.4, -0.2) is 68.1 Å². The Bertz CT molecular complexity index is 538. The molecule has 2 aliphatic rings. The molecule has 2 unspecified atom stereocenters. The molecule has 146 valence electrons. The molecule has 1 aromatic heterocycles. The van der Waals surface area contributed by atoms with Crippen LogP contribution in [0.15, 0.2) is 27.8 Å². The van der Waals surface area contributed by atoms with Crippen molar-refractivity contribution in [2.24, 2.45) is 4.99 Å². The highest BCUT2D eigenvalue weighted by atomic mass is 16.3. The average Bonchev–Trinajstić information content (AvgIpc) is 3.39. The summed E-state index contributed by atoms with van der Waals surface area (Å²) in [7, 11) is 1.85. The third kappa shape index (κ3) is 5.01. The van der Waals surface area contributed by atoms with E-state index in [0.29, 0.717) is 6.04 Å². The van der Waals surface area contributed by atoms with Crippen molar-refractivity contribution in [2.45, 2.75) is 51.1 Å². The Morgan fingerprint density at radius 2 is 2.04 bits per heavy atom. The molecule has 26 heavy (non-hydrogen) atoms. The zero-order valence-electron chi connectivity index (χ0n) is 16.4. The van der Waals surface area contributed by atoms with Crippen molar-refractivity contribution in [1.29, 1.82) is 0 Å². The first-order valence-corrected chi connectivity index (χ1v) is 10.3. The molecule has 0 aliphatic carbocycles. The van der Waals surface area contributed by atoms with E-state index >= 15 is 0 Å². The summed E-state index contributed by atoms with van der Waals surface area (Å²) >= 11 is 0. The first kappa shape index (κ1) is 19.2. The Morgan fingerprint density at radius 1 is 1.23 bits per heavy atom. The van der Waals surface area contributed by atoms with E-state index in [1.54, 1.807) is 6.26 Å². The van der Waals surface area contributed by atoms with Crippen LogP contribution in [0.3, 0.4) is 0 Å². The molecule has 2 saturated heterocycles. The molecule has 1 aromatic rings. The first-order chi connectivity index (χ1) is 12.8. The minimum absolute atomic E-state index is 0.271. The molecule has 2 N–H and O–H groups in total. The van der Waals surface area contributed by atoms with E-state index in [9.17, 15) is 0 Å². The maximum absolute atomic E-state index is 5.71. The molecule has 3 heterocycles. The number of nitrogens with zero attached hydrogens (tertiary/aromatic N) is 3. The van der Waals surface area contributed by atoms with Crippen molar-refractivity contribution < 1.29 is 4.42 Å². The highest BCUT2D eigenvalue weighted by Crippen LogP contribution is 2.24. The van der Waals surface area contributed by atoms with Gasteiger partial charge in [-0.25, -0.2) is 0 Å². The van der Waals surface area contributed by atoms with Crippen LogP contribution in [-0.2, 0) is 0 Å². The lowest BCUT2D eigenvalue weighted by Crippen LogP contribution is -2.50. The van der Waals surface area contributed by atoms with Crippen LogP contribution in [0.25, 0.3) is 0 Å². The number of likely N-dealkylation sites (N-methyl/N-ethyl adjacent to an activating group) is 1. The Morgan fingerprint density at radius 3 is 2.73 bits per heavy atom. The number of rotatable bonds is 7. The number of hydrogen-bond acceptors (Lipinski definition) is 4. The van der Waals surface area contributed by atoms with E-state index < -0.39 is 0 Å². The van der Waals surface area contributed by atoms with Gasteiger partial charge in [0.05, 0.1) is 12.3 Å². The highest BCUT2D eigenvalue weighted by Gasteiger charge is 2.26. The van der Waals surface area contributed by atoms with Gasteiger partial charge >= 0.3 is 0 Å². The molecule has 0 bridgehead atoms. The quantitative estimate of drug-likeness (QED) is 0.577. The highest BCUT2D eigenvalue weighted by molar-refractivity contribution is 5.79. The monoisotopic (exact) mass is 361 g/mol. The summed E-state index contributed by atoms with van der Waals surface area (Å²) in [4.78, 5) is 9.53. The lowest BCUT2D eigenvalue weighted by atomic mass is 10.0. The van der Waals surface area contributed by atoms with Gasteiger partial charge in [-0.1, -0.05) is 13.3 Å². The van der Waals surface area contributed by atoms with Crippen LogP contribution in [0.4, 0.5) is 0 Å². The van der Waals surface area contributed by atoms with Crippen molar-refractivity contribution in [2.75, 3.05) is 46.3 Å². The summed E-state index contributed by atoms with van der Waals surface area (Å²) in [5, 5.41) is 7.07. The maximum atomic E-state index is 5.71. The summed E-state index contributed by atoms with van der Waals surface area (Å²) in [5.41, 5.74) is 0. The van der Waals surface area contributed by atoms with E-state index in [4.69, 9.17) is 4.42 Å². The van der Waals surface area contributed by atoms with Crippen LogP contribution >= 0.6 is 0 Å². The number of hydrogen-bond donors (Lipinski definition) is 2. The van der Waals surface area contributed by atoms with Crippen molar-refractivity contribution in [3.05, 3.63) is 24.2 Å². The lowest BCUT2D eigenvalue weighted by Gasteiger charge is -2.35. The third-order valence-corrected chi connectivity index (χ3v) is 5.80. The molecular weight excluding hydrogens is 326 g/mol. The molecular formula is C20H35N5O. The zero-order valence-corrected chi connectivity index (χ0v) is 16.4. The Hall–Kier alpha value is -1.53. The summed E-state index contributed by atoms with van der Waals surface area (Å²) in [6.07, 6.45) is 8.27. The molecule has 2 aliphatic heterocycles. The summed E-state index contributed by atoms with van der Waals surface area (Å²) in [5.74, 6) is 1.93. The fourth-order valence-electron chi connectivity index (χ4n) is 4.28. The third-order valence-electron chi connectivity index (χ3n) is 5.80.